The lowest BCUT2D eigenvalue weighted by atomic mass is 9.48. The second-order valence-electron chi connectivity index (χ2n) is 10.2. The Kier molecular flexibility index (Phi) is 5.20. The molecule has 2 amide bonds. The summed E-state index contributed by atoms with van der Waals surface area (Å²) in [5, 5.41) is 3.84. The summed E-state index contributed by atoms with van der Waals surface area (Å²) in [5.74, 6) is 1.72. The van der Waals surface area contributed by atoms with Gasteiger partial charge in [0.25, 0.3) is 0 Å². The molecule has 1 aromatic carbocycles. The lowest BCUT2D eigenvalue weighted by Crippen LogP contribution is -2.58. The van der Waals surface area contributed by atoms with E-state index in [1.807, 2.05) is 24.3 Å². The number of carbonyl (C=O) groups is 2. The van der Waals surface area contributed by atoms with Crippen molar-refractivity contribution >= 4 is 29.1 Å². The van der Waals surface area contributed by atoms with Gasteiger partial charge in [-0.25, -0.2) is 0 Å². The van der Waals surface area contributed by atoms with Crippen molar-refractivity contribution in [1.29, 1.82) is 0 Å². The second kappa shape index (κ2) is 7.74. The summed E-state index contributed by atoms with van der Waals surface area (Å²) in [4.78, 5) is 29.6. The average molecular weight is 430 g/mol. The molecule has 1 unspecified atom stereocenters. The van der Waals surface area contributed by atoms with Crippen LogP contribution in [0.2, 0.25) is 5.02 Å². The summed E-state index contributed by atoms with van der Waals surface area (Å²) in [7, 11) is 0. The molecule has 162 valence electrons. The second-order valence-corrected chi connectivity index (χ2v) is 10.7. The minimum absolute atomic E-state index is 0.0788. The predicted octanol–water partition coefficient (Wildman–Crippen LogP) is 3.71. The van der Waals surface area contributed by atoms with E-state index in [2.05, 4.69) is 17.1 Å². The van der Waals surface area contributed by atoms with Gasteiger partial charge in [-0.2, -0.15) is 0 Å². The molecule has 1 aliphatic heterocycles. The van der Waals surface area contributed by atoms with Crippen LogP contribution in [-0.4, -0.2) is 48.9 Å². The normalized spacial score (nSPS) is 33.5. The number of carbonyl (C=O) groups excluding carboxylic acids is 2. The number of hydrogen-bond donors (Lipinski definition) is 1. The molecule has 1 aromatic rings. The van der Waals surface area contributed by atoms with Crippen LogP contribution in [0.4, 0.5) is 5.69 Å². The molecule has 5 fully saturated rings. The van der Waals surface area contributed by atoms with Crippen LogP contribution in [0, 0.1) is 23.2 Å². The van der Waals surface area contributed by atoms with Crippen LogP contribution in [0.3, 0.4) is 0 Å². The maximum Gasteiger partial charge on any atom is 0.312 e. The van der Waals surface area contributed by atoms with Gasteiger partial charge in [-0.15, -0.1) is 0 Å². The Bertz CT molecular complexity index is 798. The fourth-order valence-electron chi connectivity index (χ4n) is 7.10. The number of nitrogens with zero attached hydrogens (tertiary/aromatic N) is 2. The highest BCUT2D eigenvalue weighted by atomic mass is 35.5. The third-order valence-electron chi connectivity index (χ3n) is 8.29. The number of hydrogen-bond acceptors (Lipinski definition) is 3. The first-order valence-electron chi connectivity index (χ1n) is 11.5. The van der Waals surface area contributed by atoms with Crippen molar-refractivity contribution in [3.05, 3.63) is 29.3 Å². The number of nitrogens with one attached hydrogen (secondary N) is 1. The molecule has 1 atom stereocenters. The van der Waals surface area contributed by atoms with E-state index in [0.717, 1.165) is 23.4 Å². The topological polar surface area (TPSA) is 52.7 Å². The van der Waals surface area contributed by atoms with Crippen molar-refractivity contribution in [2.24, 2.45) is 23.2 Å². The van der Waals surface area contributed by atoms with Gasteiger partial charge in [0.2, 0.25) is 0 Å². The van der Waals surface area contributed by atoms with E-state index < -0.39 is 5.91 Å². The standard InChI is InChI=1S/C24H32ClN3O2/c1-16(24-13-17-9-18(14-24)11-19(10-17)15-24)26-22(29)23(30)28-7-5-27(6-8-28)21-4-2-3-20(25)12-21/h2-4,12,16-19H,5-11,13-15H2,1H3,(H,26,29). The van der Waals surface area contributed by atoms with Gasteiger partial charge in [-0.3, -0.25) is 9.59 Å². The van der Waals surface area contributed by atoms with E-state index in [0.29, 0.717) is 31.2 Å². The van der Waals surface area contributed by atoms with E-state index in [1.165, 1.54) is 38.5 Å². The fraction of sp³-hybridized carbons (Fsp3) is 0.667. The van der Waals surface area contributed by atoms with Crippen LogP contribution in [0.25, 0.3) is 0 Å². The van der Waals surface area contributed by atoms with E-state index in [-0.39, 0.29) is 17.4 Å². The Labute approximate surface area is 184 Å². The summed E-state index contributed by atoms with van der Waals surface area (Å²) in [6, 6.07) is 7.85. The van der Waals surface area contributed by atoms with Gasteiger partial charge in [0.15, 0.2) is 0 Å². The molecule has 0 spiro atoms. The van der Waals surface area contributed by atoms with Gasteiger partial charge >= 0.3 is 11.8 Å². The summed E-state index contributed by atoms with van der Waals surface area (Å²) in [6.07, 6.45) is 7.84. The van der Waals surface area contributed by atoms with Gasteiger partial charge in [-0.05, 0) is 86.8 Å². The summed E-state index contributed by atoms with van der Waals surface area (Å²) < 4.78 is 0. The number of benzene rings is 1. The Morgan fingerprint density at radius 2 is 1.63 bits per heavy atom. The Morgan fingerprint density at radius 3 is 2.20 bits per heavy atom. The van der Waals surface area contributed by atoms with Crippen LogP contribution in [0.1, 0.15) is 45.4 Å². The minimum atomic E-state index is -0.422. The van der Waals surface area contributed by atoms with Gasteiger partial charge in [0.1, 0.15) is 0 Å². The first-order chi connectivity index (χ1) is 14.4. The zero-order chi connectivity index (χ0) is 20.9. The van der Waals surface area contributed by atoms with Gasteiger partial charge in [0.05, 0.1) is 0 Å². The van der Waals surface area contributed by atoms with E-state index in [4.69, 9.17) is 11.6 Å². The van der Waals surface area contributed by atoms with Crippen molar-refractivity contribution in [2.75, 3.05) is 31.1 Å². The van der Waals surface area contributed by atoms with Crippen molar-refractivity contribution in [1.82, 2.24) is 10.2 Å². The lowest BCUT2D eigenvalue weighted by molar-refractivity contribution is -0.148. The highest BCUT2D eigenvalue weighted by molar-refractivity contribution is 6.35. The Morgan fingerprint density at radius 1 is 1.03 bits per heavy atom. The third-order valence-corrected chi connectivity index (χ3v) is 8.52. The molecular formula is C24H32ClN3O2. The fourth-order valence-corrected chi connectivity index (χ4v) is 7.29. The molecule has 4 bridgehead atoms. The van der Waals surface area contributed by atoms with Crippen LogP contribution >= 0.6 is 11.6 Å². The maximum atomic E-state index is 12.8. The quantitative estimate of drug-likeness (QED) is 0.745. The molecule has 1 N–H and O–H groups in total. The SMILES string of the molecule is CC(NC(=O)C(=O)N1CCN(c2cccc(Cl)c2)CC1)C12CC3CC(CC(C3)C1)C2. The Hall–Kier alpha value is -1.75. The molecule has 4 saturated carbocycles. The molecule has 6 heteroatoms. The number of piperazine rings is 1. The highest BCUT2D eigenvalue weighted by Crippen LogP contribution is 2.61. The number of amides is 2. The molecule has 5 aliphatic rings. The van der Waals surface area contributed by atoms with E-state index >= 15 is 0 Å². The number of anilines is 1. The maximum absolute atomic E-state index is 12.8. The summed E-state index contributed by atoms with van der Waals surface area (Å²) in [5.41, 5.74) is 1.28. The smallest absolute Gasteiger partial charge is 0.312 e. The van der Waals surface area contributed by atoms with Gasteiger partial charge in [-0.1, -0.05) is 17.7 Å². The highest BCUT2D eigenvalue weighted by Gasteiger charge is 2.53. The molecule has 0 radical (unpaired) electrons. The molecular weight excluding hydrogens is 398 g/mol. The first kappa shape index (κ1) is 20.2. The zero-order valence-corrected chi connectivity index (χ0v) is 18.5. The largest absolute Gasteiger partial charge is 0.368 e. The van der Waals surface area contributed by atoms with Gasteiger partial charge in [0, 0.05) is 42.9 Å². The summed E-state index contributed by atoms with van der Waals surface area (Å²) >= 11 is 6.10. The van der Waals surface area contributed by atoms with Crippen LogP contribution in [0.15, 0.2) is 24.3 Å². The van der Waals surface area contributed by atoms with E-state index in [9.17, 15) is 9.59 Å². The van der Waals surface area contributed by atoms with Crippen LogP contribution in [-0.2, 0) is 9.59 Å². The zero-order valence-electron chi connectivity index (χ0n) is 17.8. The minimum Gasteiger partial charge on any atom is -0.368 e. The average Bonchev–Trinajstić information content (AvgIpc) is 2.72. The van der Waals surface area contributed by atoms with Crippen LogP contribution in [0.5, 0.6) is 0 Å². The molecule has 5 nitrogen and oxygen atoms in total. The van der Waals surface area contributed by atoms with Crippen molar-refractivity contribution in [2.45, 2.75) is 51.5 Å². The van der Waals surface area contributed by atoms with Crippen molar-refractivity contribution in [3.8, 4) is 0 Å². The summed E-state index contributed by atoms with van der Waals surface area (Å²) in [6.45, 7) is 4.68. The third kappa shape index (κ3) is 3.70. The Balaban J connectivity index is 1.17. The number of rotatable bonds is 3. The molecule has 1 saturated heterocycles. The lowest BCUT2D eigenvalue weighted by Gasteiger charge is -2.59. The molecule has 30 heavy (non-hydrogen) atoms. The molecule has 4 aliphatic carbocycles. The van der Waals surface area contributed by atoms with E-state index in [1.54, 1.807) is 4.90 Å². The van der Waals surface area contributed by atoms with Crippen molar-refractivity contribution < 1.29 is 9.59 Å². The van der Waals surface area contributed by atoms with Crippen molar-refractivity contribution in [3.63, 3.8) is 0 Å². The first-order valence-corrected chi connectivity index (χ1v) is 11.9. The monoisotopic (exact) mass is 429 g/mol. The molecule has 6 rings (SSSR count). The molecule has 0 aromatic heterocycles. The van der Waals surface area contributed by atoms with Gasteiger partial charge < -0.3 is 15.1 Å². The number of halogens is 1. The van der Waals surface area contributed by atoms with Crippen LogP contribution < -0.4 is 10.2 Å². The predicted molar refractivity (Wildman–Crippen MR) is 118 cm³/mol. The molecule has 1 heterocycles.